The zero-order chi connectivity index (χ0) is 27.7. The van der Waals surface area contributed by atoms with Crippen LogP contribution in [-0.4, -0.2) is 55.9 Å². The number of hydrogen-bond donors (Lipinski definition) is 4. The molecule has 2 aromatic carbocycles. The smallest absolute Gasteiger partial charge is 0.229 e. The molecule has 4 rings (SSSR count). The fourth-order valence-corrected chi connectivity index (χ4v) is 4.49. The van der Waals surface area contributed by atoms with Crippen LogP contribution in [0.15, 0.2) is 41.4 Å². The van der Waals surface area contributed by atoms with Gasteiger partial charge >= 0.3 is 0 Å². The van der Waals surface area contributed by atoms with Gasteiger partial charge in [0.25, 0.3) is 0 Å². The molecule has 2 saturated heterocycles. The number of likely N-dealkylation sites (tertiary alicyclic amines) is 1. The molecule has 0 radical (unpaired) electrons. The number of rotatable bonds is 4. The number of nitrogens with zero attached hydrogens (tertiary/aromatic N) is 2. The number of carbonyl (C=O) groups excluding carboxylic acids is 2. The molecule has 0 aromatic heterocycles. The zero-order valence-electron chi connectivity index (χ0n) is 22.4. The van der Waals surface area contributed by atoms with Crippen LogP contribution in [0.4, 0.5) is 20.2 Å². The van der Waals surface area contributed by atoms with E-state index in [1.807, 2.05) is 4.90 Å². The molecule has 13 heteroatoms. The number of nitrogens with two attached hydrogens (primary N) is 1. The van der Waals surface area contributed by atoms with E-state index in [9.17, 15) is 18.4 Å². The van der Waals surface area contributed by atoms with Crippen molar-refractivity contribution in [1.29, 1.82) is 0 Å². The summed E-state index contributed by atoms with van der Waals surface area (Å²) in [5.41, 5.74) is 6.63. The topological polar surface area (TPSA) is 112 Å². The van der Waals surface area contributed by atoms with Gasteiger partial charge in [-0.2, -0.15) is 0 Å². The summed E-state index contributed by atoms with van der Waals surface area (Å²) in [5.74, 6) is -1.09. The van der Waals surface area contributed by atoms with Crippen molar-refractivity contribution in [1.82, 2.24) is 10.2 Å². The molecule has 40 heavy (non-hydrogen) atoms. The van der Waals surface area contributed by atoms with Crippen molar-refractivity contribution < 1.29 is 38.8 Å². The standard InChI is InChI=1S/C14H18ClFN4O.C12H14ClFN2O.CH3.Pd/c1-18-14(17)20-6-2-3-9(8-20)13(21)19-10-4-5-11(15)12(16)7-10;13-10-4-3-9(6-11(10)14)16-12(17)8-2-1-5-15-7-8;;/h4-5,7,9H,2-3,6,8H2,1H3,(H2,17,18)(H,19,21);3-4,6,8,15H,1-2,5,7H2,(H,16,17);1H3;/q;;-1;/t9-;8-;;/m00../s1. The molecule has 2 aliphatic heterocycles. The minimum atomic E-state index is -0.554. The summed E-state index contributed by atoms with van der Waals surface area (Å²) in [7, 11) is 1.62. The summed E-state index contributed by atoms with van der Waals surface area (Å²) in [5, 5.41) is 8.67. The number of nitrogens with one attached hydrogen (secondary N) is 3. The van der Waals surface area contributed by atoms with Gasteiger partial charge in [0, 0.05) is 58.5 Å². The van der Waals surface area contributed by atoms with Crippen LogP contribution >= 0.6 is 23.2 Å². The molecule has 0 bridgehead atoms. The van der Waals surface area contributed by atoms with Crippen LogP contribution in [0.1, 0.15) is 25.7 Å². The first-order valence-electron chi connectivity index (χ1n) is 12.4. The molecule has 2 heterocycles. The van der Waals surface area contributed by atoms with Crippen molar-refractivity contribution in [2.24, 2.45) is 22.6 Å². The first-order chi connectivity index (χ1) is 18.2. The van der Waals surface area contributed by atoms with Gasteiger partial charge in [-0.1, -0.05) is 23.2 Å². The average Bonchev–Trinajstić information content (AvgIpc) is 2.93. The Kier molecular flexibility index (Phi) is 15.6. The molecule has 0 spiro atoms. The molecule has 5 N–H and O–H groups in total. The largest absolute Gasteiger partial charge is 0.370 e. The molecule has 0 aliphatic carbocycles. The van der Waals surface area contributed by atoms with Gasteiger partial charge in [0.2, 0.25) is 11.8 Å². The number of aliphatic imine (C=N–C) groups is 1. The number of amides is 2. The van der Waals surface area contributed by atoms with E-state index in [1.54, 1.807) is 19.2 Å². The van der Waals surface area contributed by atoms with Gasteiger partial charge in [0.15, 0.2) is 5.96 Å². The maximum atomic E-state index is 13.4. The maximum Gasteiger partial charge on any atom is 0.229 e. The fourth-order valence-electron chi connectivity index (χ4n) is 4.25. The van der Waals surface area contributed by atoms with E-state index < -0.39 is 11.6 Å². The van der Waals surface area contributed by atoms with Crippen LogP contribution in [0.3, 0.4) is 0 Å². The molecular weight excluding hydrogens is 656 g/mol. The molecular formula is C27H35Cl2F2N6O2Pd-. The van der Waals surface area contributed by atoms with E-state index in [2.05, 4.69) is 20.9 Å². The van der Waals surface area contributed by atoms with Gasteiger partial charge in [-0.15, -0.1) is 0 Å². The summed E-state index contributed by atoms with van der Waals surface area (Å²) in [4.78, 5) is 29.9. The Morgan fingerprint density at radius 1 is 0.975 bits per heavy atom. The first-order valence-corrected chi connectivity index (χ1v) is 13.1. The summed E-state index contributed by atoms with van der Waals surface area (Å²) >= 11 is 11.2. The molecule has 8 nitrogen and oxygen atoms in total. The number of guanidine groups is 1. The zero-order valence-corrected chi connectivity index (χ0v) is 25.5. The summed E-state index contributed by atoms with van der Waals surface area (Å²) < 4.78 is 26.5. The monoisotopic (exact) mass is 689 g/mol. The van der Waals surface area contributed by atoms with Gasteiger partial charge in [0.1, 0.15) is 11.6 Å². The molecule has 2 aliphatic rings. The van der Waals surface area contributed by atoms with Crippen LogP contribution < -0.4 is 21.7 Å². The van der Waals surface area contributed by atoms with Crippen molar-refractivity contribution in [3.8, 4) is 0 Å². The third-order valence-electron chi connectivity index (χ3n) is 6.39. The van der Waals surface area contributed by atoms with Gasteiger partial charge in [0.05, 0.1) is 21.9 Å². The molecule has 2 aromatic rings. The van der Waals surface area contributed by atoms with Crippen LogP contribution in [0.5, 0.6) is 0 Å². The fraction of sp³-hybridized carbons (Fsp3) is 0.407. The first kappa shape index (κ1) is 35.7. The third kappa shape index (κ3) is 10.6. The van der Waals surface area contributed by atoms with Crippen LogP contribution in [-0.2, 0) is 30.0 Å². The Labute approximate surface area is 258 Å². The second-order valence-corrected chi connectivity index (χ2v) is 9.96. The predicted molar refractivity (Wildman–Crippen MR) is 154 cm³/mol. The van der Waals surface area contributed by atoms with Crippen molar-refractivity contribution in [2.75, 3.05) is 43.9 Å². The van der Waals surface area contributed by atoms with Gasteiger partial charge in [-0.05, 0) is 68.6 Å². The Morgan fingerprint density at radius 3 is 1.98 bits per heavy atom. The summed E-state index contributed by atoms with van der Waals surface area (Å²) in [6.45, 7) is 2.95. The number of anilines is 2. The third-order valence-corrected chi connectivity index (χ3v) is 7.00. The van der Waals surface area contributed by atoms with Crippen molar-refractivity contribution in [3.63, 3.8) is 0 Å². The van der Waals surface area contributed by atoms with Crippen LogP contribution in [0.2, 0.25) is 10.0 Å². The number of piperidine rings is 2. The van der Waals surface area contributed by atoms with Gasteiger partial charge < -0.3 is 34.0 Å². The Balaban J connectivity index is 0.000000388. The molecule has 0 saturated carbocycles. The average molecular weight is 691 g/mol. The quantitative estimate of drug-likeness (QED) is 0.157. The molecule has 224 valence electrons. The van der Waals surface area contributed by atoms with Crippen molar-refractivity contribution in [3.05, 3.63) is 65.5 Å². The van der Waals surface area contributed by atoms with Gasteiger partial charge in [-0.25, -0.2) is 8.78 Å². The number of carbonyl (C=O) groups is 2. The predicted octanol–water partition coefficient (Wildman–Crippen LogP) is 4.94. The number of benzene rings is 2. The van der Waals surface area contributed by atoms with Crippen molar-refractivity contribution >= 4 is 52.4 Å². The normalized spacial score (nSPS) is 18.7. The van der Waals surface area contributed by atoms with Gasteiger partial charge in [-0.3, -0.25) is 14.6 Å². The Morgan fingerprint density at radius 2 is 1.50 bits per heavy atom. The number of hydrogen-bond acceptors (Lipinski definition) is 4. The van der Waals surface area contributed by atoms with Crippen LogP contribution in [0, 0.1) is 30.9 Å². The minimum Gasteiger partial charge on any atom is -0.370 e. The van der Waals surface area contributed by atoms with E-state index in [0.29, 0.717) is 30.4 Å². The summed E-state index contributed by atoms with van der Waals surface area (Å²) in [6.07, 6.45) is 3.50. The van der Waals surface area contributed by atoms with Crippen molar-refractivity contribution in [2.45, 2.75) is 25.7 Å². The van der Waals surface area contributed by atoms with E-state index in [-0.39, 0.29) is 61.5 Å². The van der Waals surface area contributed by atoms with E-state index in [0.717, 1.165) is 38.8 Å². The molecule has 0 unspecified atom stereocenters. The SMILES string of the molecule is CN=C(N)N1CCC[C@H](C(=O)Nc2ccc(Cl)c(F)c2)C1.O=C(Nc1ccc(Cl)c(F)c1)[C@H]1CCCNC1.[CH3-].[Pd]. The molecule has 2 amide bonds. The minimum absolute atomic E-state index is 0. The van der Waals surface area contributed by atoms with E-state index >= 15 is 0 Å². The second-order valence-electron chi connectivity index (χ2n) is 9.15. The Bertz CT molecular complexity index is 1170. The Hall–Kier alpha value is -2.29. The molecule has 2 atom stereocenters. The van der Waals surface area contributed by atoms with Crippen LogP contribution in [0.25, 0.3) is 0 Å². The van der Waals surface area contributed by atoms with E-state index in [4.69, 9.17) is 28.9 Å². The molecule has 2 fully saturated rings. The van der Waals surface area contributed by atoms with E-state index in [1.165, 1.54) is 24.3 Å². The maximum absolute atomic E-state index is 13.4. The number of halogens is 4. The summed E-state index contributed by atoms with van der Waals surface area (Å²) in [6, 6.07) is 8.47. The second kappa shape index (κ2) is 17.5.